The lowest BCUT2D eigenvalue weighted by Gasteiger charge is -2.12. The third kappa shape index (κ3) is 4.28. The fraction of sp³-hybridized carbons (Fsp3) is 0.222. The Bertz CT molecular complexity index is 1060. The number of aromatic nitrogens is 2. The molecule has 1 amide bonds. The van der Waals surface area contributed by atoms with Gasteiger partial charge in [0.25, 0.3) is 6.43 Å². The van der Waals surface area contributed by atoms with E-state index in [0.29, 0.717) is 11.1 Å². The molecule has 0 radical (unpaired) electrons. The van der Waals surface area contributed by atoms with Crippen LogP contribution in [0.1, 0.15) is 0 Å². The maximum absolute atomic E-state index is 14.1. The van der Waals surface area contributed by atoms with E-state index in [0.717, 1.165) is 6.07 Å². The number of halogens is 6. The Kier molecular flexibility index (Phi) is 5.40. The largest absolute Gasteiger partial charge is 0.484 e. The third-order valence-electron chi connectivity index (χ3n) is 3.97. The van der Waals surface area contributed by atoms with E-state index in [1.54, 1.807) is 5.32 Å². The lowest BCUT2D eigenvalue weighted by atomic mass is 10.0. The first-order chi connectivity index (χ1) is 13.6. The summed E-state index contributed by atoms with van der Waals surface area (Å²) in [6, 6.07) is 8.14. The Labute approximate surface area is 159 Å². The number of nitrogens with zero attached hydrogens (tertiary/aromatic N) is 2. The molecular formula is C18H13F6N3O2. The molecule has 3 aromatic rings. The number of aryl methyl sites for hydroxylation is 1. The van der Waals surface area contributed by atoms with Gasteiger partial charge in [-0.2, -0.15) is 18.3 Å². The van der Waals surface area contributed by atoms with Crippen LogP contribution in [0.3, 0.4) is 0 Å². The van der Waals surface area contributed by atoms with Crippen LogP contribution in [-0.4, -0.2) is 34.9 Å². The number of rotatable bonds is 5. The monoisotopic (exact) mass is 417 g/mol. The number of amides is 1. The number of carbonyl (C=O) groups is 1. The Morgan fingerprint density at radius 2 is 1.97 bits per heavy atom. The van der Waals surface area contributed by atoms with Crippen molar-refractivity contribution in [2.45, 2.75) is 12.6 Å². The molecule has 0 aliphatic rings. The van der Waals surface area contributed by atoms with Crippen molar-refractivity contribution in [3.8, 4) is 16.9 Å². The van der Waals surface area contributed by atoms with E-state index in [9.17, 15) is 31.1 Å². The van der Waals surface area contributed by atoms with Gasteiger partial charge in [0, 0.05) is 18.0 Å². The van der Waals surface area contributed by atoms with E-state index in [-0.39, 0.29) is 22.5 Å². The van der Waals surface area contributed by atoms with Crippen molar-refractivity contribution in [2.75, 3.05) is 11.9 Å². The van der Waals surface area contributed by atoms with Gasteiger partial charge < -0.3 is 10.1 Å². The molecule has 0 atom stereocenters. The Balaban J connectivity index is 2.03. The summed E-state index contributed by atoms with van der Waals surface area (Å²) >= 11 is 0. The minimum atomic E-state index is -5.08. The number of benzene rings is 2. The Morgan fingerprint density at radius 1 is 1.24 bits per heavy atom. The van der Waals surface area contributed by atoms with Crippen molar-refractivity contribution in [3.05, 3.63) is 42.2 Å². The quantitative estimate of drug-likeness (QED) is 0.621. The molecule has 0 aliphatic heterocycles. The molecule has 0 saturated carbocycles. The Morgan fingerprint density at radius 3 is 2.62 bits per heavy atom. The first kappa shape index (κ1) is 20.5. The SMILES string of the molecule is Cn1nc(NC(=O)C(F)(F)F)c2ccc(-c3cccc(F)c3OCC(F)F)cc21. The van der Waals surface area contributed by atoms with E-state index < -0.39 is 30.9 Å². The molecule has 0 aliphatic carbocycles. The molecule has 2 aromatic carbocycles. The predicted molar refractivity (Wildman–Crippen MR) is 92.3 cm³/mol. The predicted octanol–water partition coefficient (Wildman–Crippen LogP) is 4.52. The van der Waals surface area contributed by atoms with Crippen molar-refractivity contribution in [3.63, 3.8) is 0 Å². The summed E-state index contributed by atoms with van der Waals surface area (Å²) < 4.78 is 82.6. The topological polar surface area (TPSA) is 56.2 Å². The number of alkyl halides is 5. The molecule has 0 fully saturated rings. The maximum atomic E-state index is 14.1. The molecule has 11 heteroatoms. The Hall–Kier alpha value is -3.24. The summed E-state index contributed by atoms with van der Waals surface area (Å²) in [6.07, 6.45) is -7.88. The lowest BCUT2D eigenvalue weighted by Crippen LogP contribution is -2.30. The summed E-state index contributed by atoms with van der Waals surface area (Å²) in [4.78, 5) is 11.2. The number of hydrogen-bond donors (Lipinski definition) is 1. The van der Waals surface area contributed by atoms with E-state index >= 15 is 0 Å². The van der Waals surface area contributed by atoms with Gasteiger partial charge in [0.15, 0.2) is 17.4 Å². The molecule has 154 valence electrons. The molecule has 3 rings (SSSR count). The average Bonchev–Trinajstić information content (AvgIpc) is 2.94. The third-order valence-corrected chi connectivity index (χ3v) is 3.97. The first-order valence-electron chi connectivity index (χ1n) is 8.12. The highest BCUT2D eigenvalue weighted by atomic mass is 19.4. The van der Waals surface area contributed by atoms with Crippen LogP contribution in [0.5, 0.6) is 5.75 Å². The van der Waals surface area contributed by atoms with Crippen molar-refractivity contribution in [1.82, 2.24) is 9.78 Å². The number of carbonyl (C=O) groups excluding carboxylic acids is 1. The first-order valence-corrected chi connectivity index (χ1v) is 8.12. The fourth-order valence-corrected chi connectivity index (χ4v) is 2.72. The van der Waals surface area contributed by atoms with Gasteiger partial charge in [-0.1, -0.05) is 18.2 Å². The second kappa shape index (κ2) is 7.64. The summed E-state index contributed by atoms with van der Waals surface area (Å²) in [5.41, 5.74) is 0.858. The second-order valence-corrected chi connectivity index (χ2v) is 5.97. The van der Waals surface area contributed by atoms with Crippen LogP contribution >= 0.6 is 0 Å². The zero-order valence-corrected chi connectivity index (χ0v) is 14.7. The number of para-hydroxylation sites is 1. The molecule has 5 nitrogen and oxygen atoms in total. The van der Waals surface area contributed by atoms with Crippen LogP contribution in [0, 0.1) is 5.82 Å². The number of hydrogen-bond acceptors (Lipinski definition) is 3. The van der Waals surface area contributed by atoms with Crippen molar-refractivity contribution in [1.29, 1.82) is 0 Å². The number of fused-ring (bicyclic) bond motifs is 1. The summed E-state index contributed by atoms with van der Waals surface area (Å²) in [5, 5.41) is 5.76. The van der Waals surface area contributed by atoms with E-state index in [1.165, 1.54) is 42.1 Å². The van der Waals surface area contributed by atoms with Crippen LogP contribution in [0.15, 0.2) is 36.4 Å². The van der Waals surface area contributed by atoms with Gasteiger partial charge in [-0.3, -0.25) is 9.48 Å². The molecule has 0 bridgehead atoms. The summed E-state index contributed by atoms with van der Waals surface area (Å²) in [5.74, 6) is -3.69. The molecule has 1 N–H and O–H groups in total. The second-order valence-electron chi connectivity index (χ2n) is 5.97. The van der Waals surface area contributed by atoms with E-state index in [2.05, 4.69) is 5.10 Å². The minimum absolute atomic E-state index is 0.176. The van der Waals surface area contributed by atoms with Crippen molar-refractivity contribution in [2.24, 2.45) is 7.05 Å². The highest BCUT2D eigenvalue weighted by molar-refractivity contribution is 6.02. The average molecular weight is 417 g/mol. The fourth-order valence-electron chi connectivity index (χ4n) is 2.72. The minimum Gasteiger partial charge on any atom is -0.484 e. The van der Waals surface area contributed by atoms with Gasteiger partial charge in [0.1, 0.15) is 6.61 Å². The van der Waals surface area contributed by atoms with Gasteiger partial charge in [0.05, 0.1) is 5.52 Å². The normalized spacial score (nSPS) is 11.9. The highest BCUT2D eigenvalue weighted by Crippen LogP contribution is 2.35. The van der Waals surface area contributed by atoms with Crippen LogP contribution in [0.2, 0.25) is 0 Å². The standard InChI is InChI=1S/C18H13F6N3O2/c1-27-13-7-9(10-3-2-4-12(19)15(10)29-8-14(20)21)5-6-11(13)16(26-27)25-17(28)18(22,23)24/h2-7,14H,8H2,1H3,(H,25,26,28). The molecular weight excluding hydrogens is 404 g/mol. The van der Waals surface area contributed by atoms with Gasteiger partial charge in [-0.05, 0) is 23.8 Å². The van der Waals surface area contributed by atoms with Crippen molar-refractivity contribution < 1.29 is 35.9 Å². The van der Waals surface area contributed by atoms with Crippen LogP contribution < -0.4 is 10.1 Å². The molecule has 0 unspecified atom stereocenters. The number of nitrogens with one attached hydrogen (secondary N) is 1. The van der Waals surface area contributed by atoms with E-state index in [4.69, 9.17) is 4.74 Å². The van der Waals surface area contributed by atoms with Crippen LogP contribution in [0.25, 0.3) is 22.0 Å². The summed E-state index contributed by atoms with van der Waals surface area (Å²) in [7, 11) is 1.44. The van der Waals surface area contributed by atoms with Crippen molar-refractivity contribution >= 4 is 22.6 Å². The van der Waals surface area contributed by atoms with Gasteiger partial charge >= 0.3 is 12.1 Å². The molecule has 0 saturated heterocycles. The number of ether oxygens (including phenoxy) is 1. The summed E-state index contributed by atoms with van der Waals surface area (Å²) in [6.45, 7) is -1.00. The van der Waals surface area contributed by atoms with Crippen LogP contribution in [-0.2, 0) is 11.8 Å². The molecule has 29 heavy (non-hydrogen) atoms. The van der Waals surface area contributed by atoms with E-state index in [1.807, 2.05) is 0 Å². The molecule has 0 spiro atoms. The molecule has 1 aromatic heterocycles. The highest BCUT2D eigenvalue weighted by Gasteiger charge is 2.39. The lowest BCUT2D eigenvalue weighted by molar-refractivity contribution is -0.167. The van der Waals surface area contributed by atoms with Gasteiger partial charge in [-0.15, -0.1) is 0 Å². The number of anilines is 1. The zero-order valence-electron chi connectivity index (χ0n) is 14.7. The van der Waals surface area contributed by atoms with Crippen LogP contribution in [0.4, 0.5) is 32.2 Å². The van der Waals surface area contributed by atoms with Gasteiger partial charge in [0.2, 0.25) is 0 Å². The smallest absolute Gasteiger partial charge is 0.471 e. The molecule has 1 heterocycles. The maximum Gasteiger partial charge on any atom is 0.471 e. The van der Waals surface area contributed by atoms with Gasteiger partial charge in [-0.25, -0.2) is 13.2 Å². The zero-order chi connectivity index (χ0) is 21.3.